The summed E-state index contributed by atoms with van der Waals surface area (Å²) in [6, 6.07) is 4.96. The number of sulfone groups is 1. The molecule has 0 saturated carbocycles. The van der Waals surface area contributed by atoms with Crippen LogP contribution < -0.4 is 0 Å². The highest BCUT2D eigenvalue weighted by atomic mass is 32.2. The third-order valence-electron chi connectivity index (χ3n) is 2.64. The molecule has 0 saturated heterocycles. The highest BCUT2D eigenvalue weighted by Gasteiger charge is 2.17. The van der Waals surface area contributed by atoms with E-state index < -0.39 is 15.8 Å². The van der Waals surface area contributed by atoms with Gasteiger partial charge in [0.1, 0.15) is 0 Å². The Morgan fingerprint density at radius 1 is 1.24 bits per heavy atom. The van der Waals surface area contributed by atoms with Crippen molar-refractivity contribution in [3.8, 4) is 0 Å². The number of methoxy groups -OCH3 is 1. The number of benzene rings is 1. The van der Waals surface area contributed by atoms with Gasteiger partial charge in [-0.1, -0.05) is 6.07 Å². The Labute approximate surface area is 102 Å². The highest BCUT2D eigenvalue weighted by Crippen LogP contribution is 2.16. The number of hydrogen-bond acceptors (Lipinski definition) is 4. The average Bonchev–Trinajstić information content (AvgIpc) is 2.29. The minimum Gasteiger partial charge on any atom is -0.469 e. The zero-order chi connectivity index (χ0) is 13.1. The highest BCUT2D eigenvalue weighted by molar-refractivity contribution is 7.91. The van der Waals surface area contributed by atoms with Crippen LogP contribution in [-0.4, -0.2) is 27.2 Å². The van der Waals surface area contributed by atoms with E-state index >= 15 is 0 Å². The van der Waals surface area contributed by atoms with Gasteiger partial charge in [-0.2, -0.15) is 0 Å². The molecule has 0 amide bonds. The van der Waals surface area contributed by atoms with Crippen molar-refractivity contribution >= 4 is 15.8 Å². The lowest BCUT2D eigenvalue weighted by molar-refractivity contribution is -0.140. The number of carbonyl (C=O) groups excluding carboxylic acids is 1. The maximum absolute atomic E-state index is 11.9. The van der Waals surface area contributed by atoms with E-state index in [0.717, 1.165) is 11.1 Å². The van der Waals surface area contributed by atoms with Gasteiger partial charge in [-0.15, -0.1) is 0 Å². The number of rotatable bonds is 4. The molecule has 1 aromatic rings. The van der Waals surface area contributed by atoms with Crippen molar-refractivity contribution in [1.82, 2.24) is 0 Å². The van der Waals surface area contributed by atoms with Crippen LogP contribution in [0.4, 0.5) is 0 Å². The van der Waals surface area contributed by atoms with Crippen LogP contribution in [0.2, 0.25) is 0 Å². The van der Waals surface area contributed by atoms with E-state index in [-0.39, 0.29) is 17.1 Å². The normalized spacial score (nSPS) is 11.2. The molecule has 0 heterocycles. The molecule has 0 aliphatic carbocycles. The second-order valence-electron chi connectivity index (χ2n) is 3.89. The Bertz CT molecular complexity index is 517. The minimum absolute atomic E-state index is 0.119. The van der Waals surface area contributed by atoms with Crippen molar-refractivity contribution in [2.75, 3.05) is 12.9 Å². The molecule has 4 nitrogen and oxygen atoms in total. The number of hydrogen-bond donors (Lipinski definition) is 0. The van der Waals surface area contributed by atoms with Gasteiger partial charge in [-0.25, -0.2) is 8.42 Å². The third kappa shape index (κ3) is 3.56. The molecule has 1 rings (SSSR count). The summed E-state index contributed by atoms with van der Waals surface area (Å²) in [5.41, 5.74) is 1.96. The van der Waals surface area contributed by atoms with Crippen molar-refractivity contribution in [3.63, 3.8) is 0 Å². The summed E-state index contributed by atoms with van der Waals surface area (Å²) >= 11 is 0. The molecule has 0 radical (unpaired) electrons. The second kappa shape index (κ2) is 5.31. The van der Waals surface area contributed by atoms with E-state index in [4.69, 9.17) is 0 Å². The quantitative estimate of drug-likeness (QED) is 0.768. The molecule has 0 bridgehead atoms. The molecule has 0 atom stereocenters. The van der Waals surface area contributed by atoms with Gasteiger partial charge in [0.25, 0.3) is 0 Å². The molecule has 0 aliphatic rings. The van der Waals surface area contributed by atoms with Gasteiger partial charge in [0.2, 0.25) is 0 Å². The van der Waals surface area contributed by atoms with Crippen LogP contribution in [0.15, 0.2) is 23.1 Å². The Hall–Kier alpha value is -1.36. The molecular formula is C12H16O4S. The monoisotopic (exact) mass is 256 g/mol. The molecule has 1 aromatic carbocycles. The van der Waals surface area contributed by atoms with Crippen molar-refractivity contribution in [1.29, 1.82) is 0 Å². The lowest BCUT2D eigenvalue weighted by Gasteiger charge is -2.06. The van der Waals surface area contributed by atoms with Gasteiger partial charge < -0.3 is 4.74 Å². The first-order valence-corrected chi connectivity index (χ1v) is 6.89. The third-order valence-corrected chi connectivity index (χ3v) is 4.35. The van der Waals surface area contributed by atoms with Gasteiger partial charge in [0, 0.05) is 0 Å². The molecule has 0 N–H and O–H groups in total. The van der Waals surface area contributed by atoms with Gasteiger partial charge in [-0.3, -0.25) is 4.79 Å². The molecule has 0 spiro atoms. The van der Waals surface area contributed by atoms with E-state index in [0.29, 0.717) is 0 Å². The fourth-order valence-electron chi connectivity index (χ4n) is 1.34. The summed E-state index contributed by atoms with van der Waals surface area (Å²) in [5.74, 6) is -0.736. The number of carbonyl (C=O) groups is 1. The summed E-state index contributed by atoms with van der Waals surface area (Å²) in [6.07, 6.45) is -0.119. The fraction of sp³-hybridized carbons (Fsp3) is 0.417. The molecule has 5 heteroatoms. The van der Waals surface area contributed by atoms with Gasteiger partial charge in [0.05, 0.1) is 24.2 Å². The van der Waals surface area contributed by atoms with E-state index in [2.05, 4.69) is 4.74 Å². The van der Waals surface area contributed by atoms with Crippen LogP contribution >= 0.6 is 0 Å². The van der Waals surface area contributed by atoms with E-state index in [9.17, 15) is 13.2 Å². The molecule has 17 heavy (non-hydrogen) atoms. The first-order chi connectivity index (χ1) is 7.86. The summed E-state index contributed by atoms with van der Waals surface area (Å²) in [7, 11) is -2.16. The Morgan fingerprint density at radius 3 is 2.41 bits per heavy atom. The lowest BCUT2D eigenvalue weighted by Crippen LogP contribution is -2.12. The number of ether oxygens (including phenoxy) is 1. The molecule has 0 aromatic heterocycles. The van der Waals surface area contributed by atoms with Crippen molar-refractivity contribution in [2.24, 2.45) is 0 Å². The first kappa shape index (κ1) is 13.7. The van der Waals surface area contributed by atoms with Crippen molar-refractivity contribution in [2.45, 2.75) is 25.2 Å². The molecule has 0 fully saturated rings. The van der Waals surface area contributed by atoms with Crippen molar-refractivity contribution in [3.05, 3.63) is 29.3 Å². The smallest absolute Gasteiger partial charge is 0.306 e. The topological polar surface area (TPSA) is 60.4 Å². The van der Waals surface area contributed by atoms with E-state index in [1.54, 1.807) is 18.2 Å². The molecule has 0 unspecified atom stereocenters. The SMILES string of the molecule is COC(=O)CCS(=O)(=O)c1ccc(C)c(C)c1. The molecular weight excluding hydrogens is 240 g/mol. The predicted molar refractivity (Wildman–Crippen MR) is 64.6 cm³/mol. The standard InChI is InChI=1S/C12H16O4S/c1-9-4-5-11(8-10(9)2)17(14,15)7-6-12(13)16-3/h4-5,8H,6-7H2,1-3H3. The van der Waals surface area contributed by atoms with E-state index in [1.807, 2.05) is 13.8 Å². The Kier molecular flexibility index (Phi) is 4.28. The van der Waals surface area contributed by atoms with Gasteiger partial charge in [-0.05, 0) is 37.1 Å². The van der Waals surface area contributed by atoms with Gasteiger partial charge >= 0.3 is 5.97 Å². The zero-order valence-corrected chi connectivity index (χ0v) is 11.0. The summed E-state index contributed by atoms with van der Waals surface area (Å²) in [6.45, 7) is 3.77. The summed E-state index contributed by atoms with van der Waals surface area (Å²) < 4.78 is 28.2. The van der Waals surface area contributed by atoms with Crippen LogP contribution in [0.1, 0.15) is 17.5 Å². The van der Waals surface area contributed by atoms with Crippen LogP contribution in [0.25, 0.3) is 0 Å². The minimum atomic E-state index is -3.41. The van der Waals surface area contributed by atoms with Crippen LogP contribution in [-0.2, 0) is 19.4 Å². The number of aryl methyl sites for hydroxylation is 2. The Morgan fingerprint density at radius 2 is 1.88 bits per heavy atom. The van der Waals surface area contributed by atoms with Gasteiger partial charge in [0.15, 0.2) is 9.84 Å². The first-order valence-electron chi connectivity index (χ1n) is 5.23. The summed E-state index contributed by atoms with van der Waals surface area (Å²) in [4.78, 5) is 11.2. The zero-order valence-electron chi connectivity index (χ0n) is 10.2. The molecule has 94 valence electrons. The fourth-order valence-corrected chi connectivity index (χ4v) is 2.65. The Balaban J connectivity index is 2.90. The maximum atomic E-state index is 11.9. The van der Waals surface area contributed by atoms with Crippen LogP contribution in [0, 0.1) is 13.8 Å². The van der Waals surface area contributed by atoms with Crippen molar-refractivity contribution < 1.29 is 17.9 Å². The molecule has 0 aliphatic heterocycles. The van der Waals surface area contributed by atoms with Crippen LogP contribution in [0.3, 0.4) is 0 Å². The van der Waals surface area contributed by atoms with E-state index in [1.165, 1.54) is 7.11 Å². The second-order valence-corrected chi connectivity index (χ2v) is 6.00. The maximum Gasteiger partial charge on any atom is 0.306 e. The average molecular weight is 256 g/mol. The number of esters is 1. The predicted octanol–water partition coefficient (Wildman–Crippen LogP) is 1.64. The van der Waals surface area contributed by atoms with Crippen LogP contribution in [0.5, 0.6) is 0 Å². The largest absolute Gasteiger partial charge is 0.469 e. The summed E-state index contributed by atoms with van der Waals surface area (Å²) in [5, 5.41) is 0. The lowest BCUT2D eigenvalue weighted by atomic mass is 10.1.